The van der Waals surface area contributed by atoms with Crippen molar-refractivity contribution in [3.05, 3.63) is 72.7 Å². The molecule has 4 rings (SSSR count). The fourth-order valence-corrected chi connectivity index (χ4v) is 3.20. The van der Waals surface area contributed by atoms with E-state index in [2.05, 4.69) is 76.2 Å². The van der Waals surface area contributed by atoms with Crippen LogP contribution < -0.4 is 4.90 Å². The molecule has 0 radical (unpaired) electrons. The van der Waals surface area contributed by atoms with E-state index in [9.17, 15) is 0 Å². The monoisotopic (exact) mass is 328 g/mol. The molecule has 0 saturated carbocycles. The topological polar surface area (TPSA) is 34.0 Å². The van der Waals surface area contributed by atoms with E-state index in [1.54, 1.807) is 6.33 Å². The molecule has 2 aromatic heterocycles. The van der Waals surface area contributed by atoms with Gasteiger partial charge in [-0.15, -0.1) is 0 Å². The van der Waals surface area contributed by atoms with E-state index < -0.39 is 0 Å². The average Bonchev–Trinajstić information content (AvgIpc) is 3.02. The van der Waals surface area contributed by atoms with Crippen molar-refractivity contribution in [1.29, 1.82) is 0 Å². The van der Waals surface area contributed by atoms with Crippen molar-refractivity contribution in [3.8, 4) is 16.8 Å². The molecule has 4 aromatic rings. The molecule has 0 spiro atoms. The van der Waals surface area contributed by atoms with Gasteiger partial charge in [0.2, 0.25) is 0 Å². The first-order valence-corrected chi connectivity index (χ1v) is 8.31. The van der Waals surface area contributed by atoms with Crippen molar-refractivity contribution >= 4 is 16.9 Å². The predicted molar refractivity (Wildman–Crippen MR) is 103 cm³/mol. The van der Waals surface area contributed by atoms with Gasteiger partial charge in [0.05, 0.1) is 5.39 Å². The molecule has 0 saturated heterocycles. The highest BCUT2D eigenvalue weighted by atomic mass is 15.2. The van der Waals surface area contributed by atoms with Crippen LogP contribution in [0.5, 0.6) is 0 Å². The lowest BCUT2D eigenvalue weighted by atomic mass is 10.1. The van der Waals surface area contributed by atoms with E-state index >= 15 is 0 Å². The Hall–Kier alpha value is -3.14. The Morgan fingerprint density at radius 2 is 1.72 bits per heavy atom. The van der Waals surface area contributed by atoms with Crippen LogP contribution in [0, 0.1) is 6.92 Å². The van der Waals surface area contributed by atoms with Crippen molar-refractivity contribution in [1.82, 2.24) is 14.5 Å². The van der Waals surface area contributed by atoms with Gasteiger partial charge >= 0.3 is 0 Å². The summed E-state index contributed by atoms with van der Waals surface area (Å²) in [5.41, 5.74) is 5.56. The predicted octanol–water partition coefficient (Wildman–Crippen LogP) is 4.46. The van der Waals surface area contributed by atoms with Gasteiger partial charge in [-0.2, -0.15) is 0 Å². The molecule has 124 valence electrons. The number of hydrogen-bond acceptors (Lipinski definition) is 3. The molecule has 4 heteroatoms. The molecule has 0 N–H and O–H groups in total. The Balaban J connectivity index is 2.08. The minimum Gasteiger partial charge on any atom is -0.362 e. The Morgan fingerprint density at radius 1 is 0.920 bits per heavy atom. The average molecular weight is 328 g/mol. The molecule has 0 aliphatic rings. The van der Waals surface area contributed by atoms with Gasteiger partial charge in [-0.3, -0.25) is 0 Å². The van der Waals surface area contributed by atoms with Crippen LogP contribution in [-0.4, -0.2) is 28.6 Å². The summed E-state index contributed by atoms with van der Waals surface area (Å²) < 4.78 is 2.15. The first-order chi connectivity index (χ1) is 12.1. The lowest BCUT2D eigenvalue weighted by Crippen LogP contribution is -2.11. The van der Waals surface area contributed by atoms with E-state index in [1.165, 1.54) is 5.56 Å². The van der Waals surface area contributed by atoms with E-state index in [4.69, 9.17) is 0 Å². The van der Waals surface area contributed by atoms with Crippen molar-refractivity contribution in [3.63, 3.8) is 0 Å². The third kappa shape index (κ3) is 2.66. The van der Waals surface area contributed by atoms with Crippen molar-refractivity contribution in [2.45, 2.75) is 6.92 Å². The molecule has 0 aliphatic carbocycles. The molecule has 2 aromatic carbocycles. The lowest BCUT2D eigenvalue weighted by Gasteiger charge is -2.13. The standard InChI is InChI=1S/C21H20N4/c1-15-8-7-11-17(12-15)25-13-18(16-9-5-4-6-10-16)19-20(24(2)3)22-14-23-21(19)25/h4-14H,1-3H3. The molecular formula is C21H20N4. The highest BCUT2D eigenvalue weighted by Crippen LogP contribution is 2.36. The van der Waals surface area contributed by atoms with Crippen LogP contribution >= 0.6 is 0 Å². The minimum atomic E-state index is 0.920. The number of benzene rings is 2. The number of aryl methyl sites for hydroxylation is 1. The summed E-state index contributed by atoms with van der Waals surface area (Å²) in [6.07, 6.45) is 3.80. The zero-order chi connectivity index (χ0) is 17.4. The van der Waals surface area contributed by atoms with E-state index in [-0.39, 0.29) is 0 Å². The van der Waals surface area contributed by atoms with Crippen molar-refractivity contribution in [2.75, 3.05) is 19.0 Å². The Morgan fingerprint density at radius 3 is 2.44 bits per heavy atom. The Bertz CT molecular complexity index is 1030. The van der Waals surface area contributed by atoms with Gasteiger partial charge in [0.15, 0.2) is 5.65 Å². The summed E-state index contributed by atoms with van der Waals surface area (Å²) in [6.45, 7) is 2.10. The third-order valence-corrected chi connectivity index (χ3v) is 4.35. The van der Waals surface area contributed by atoms with Crippen LogP contribution in [-0.2, 0) is 0 Å². The van der Waals surface area contributed by atoms with Crippen LogP contribution in [0.1, 0.15) is 5.56 Å². The second-order valence-electron chi connectivity index (χ2n) is 6.41. The molecule has 4 nitrogen and oxygen atoms in total. The van der Waals surface area contributed by atoms with Gasteiger partial charge < -0.3 is 9.47 Å². The molecule has 0 aliphatic heterocycles. The van der Waals surface area contributed by atoms with E-state index in [0.29, 0.717) is 0 Å². The zero-order valence-electron chi connectivity index (χ0n) is 14.6. The maximum absolute atomic E-state index is 4.60. The molecule has 0 fully saturated rings. The summed E-state index contributed by atoms with van der Waals surface area (Å²) in [6, 6.07) is 18.9. The second-order valence-corrected chi connectivity index (χ2v) is 6.41. The van der Waals surface area contributed by atoms with Gasteiger partial charge in [-0.05, 0) is 30.2 Å². The molecule has 0 atom stereocenters. The van der Waals surface area contributed by atoms with Gasteiger partial charge in [0.1, 0.15) is 12.1 Å². The number of nitrogens with zero attached hydrogens (tertiary/aromatic N) is 4. The number of hydrogen-bond donors (Lipinski definition) is 0. The fourth-order valence-electron chi connectivity index (χ4n) is 3.20. The van der Waals surface area contributed by atoms with Crippen LogP contribution in [0.25, 0.3) is 27.8 Å². The summed E-state index contributed by atoms with van der Waals surface area (Å²) in [5, 5.41) is 1.07. The maximum Gasteiger partial charge on any atom is 0.150 e. The van der Waals surface area contributed by atoms with Gasteiger partial charge in [-0.1, -0.05) is 42.5 Å². The highest BCUT2D eigenvalue weighted by Gasteiger charge is 2.18. The van der Waals surface area contributed by atoms with Crippen molar-refractivity contribution in [2.24, 2.45) is 0 Å². The summed E-state index contributed by atoms with van der Waals surface area (Å²) >= 11 is 0. The summed E-state index contributed by atoms with van der Waals surface area (Å²) in [7, 11) is 4.03. The number of fused-ring (bicyclic) bond motifs is 1. The smallest absolute Gasteiger partial charge is 0.150 e. The Kier molecular flexibility index (Phi) is 3.73. The van der Waals surface area contributed by atoms with Gasteiger partial charge in [-0.25, -0.2) is 9.97 Å². The normalized spacial score (nSPS) is 11.0. The number of aromatic nitrogens is 3. The van der Waals surface area contributed by atoms with Crippen LogP contribution in [0.2, 0.25) is 0 Å². The van der Waals surface area contributed by atoms with E-state index in [0.717, 1.165) is 33.7 Å². The van der Waals surface area contributed by atoms with Gasteiger partial charge in [0, 0.05) is 31.5 Å². The maximum atomic E-state index is 4.60. The molecule has 2 heterocycles. The molecule has 0 unspecified atom stereocenters. The summed E-state index contributed by atoms with van der Waals surface area (Å²) in [4.78, 5) is 11.2. The quantitative estimate of drug-likeness (QED) is 0.557. The molecule has 0 amide bonds. The van der Waals surface area contributed by atoms with Crippen molar-refractivity contribution < 1.29 is 0 Å². The Labute approximate surface area is 147 Å². The third-order valence-electron chi connectivity index (χ3n) is 4.35. The van der Waals surface area contributed by atoms with Crippen LogP contribution in [0.3, 0.4) is 0 Å². The number of rotatable bonds is 3. The van der Waals surface area contributed by atoms with Gasteiger partial charge in [0.25, 0.3) is 0 Å². The second kappa shape index (κ2) is 6.06. The fraction of sp³-hybridized carbons (Fsp3) is 0.143. The zero-order valence-corrected chi connectivity index (χ0v) is 14.6. The largest absolute Gasteiger partial charge is 0.362 e. The first-order valence-electron chi connectivity index (χ1n) is 8.31. The summed E-state index contributed by atoms with van der Waals surface area (Å²) in [5.74, 6) is 0.926. The minimum absolute atomic E-state index is 0.920. The highest BCUT2D eigenvalue weighted by molar-refractivity contribution is 6.02. The SMILES string of the molecule is Cc1cccc(-n2cc(-c3ccccc3)c3c(N(C)C)ncnc32)c1. The molecule has 0 bridgehead atoms. The van der Waals surface area contributed by atoms with Crippen LogP contribution in [0.15, 0.2) is 67.1 Å². The first kappa shape index (κ1) is 15.4. The number of anilines is 1. The lowest BCUT2D eigenvalue weighted by molar-refractivity contribution is 1.04. The van der Waals surface area contributed by atoms with E-state index in [1.807, 2.05) is 25.1 Å². The molecule has 25 heavy (non-hydrogen) atoms. The van der Waals surface area contributed by atoms with Crippen LogP contribution in [0.4, 0.5) is 5.82 Å². The molecular weight excluding hydrogens is 308 g/mol.